The number of rotatable bonds is 6. The molecule has 0 aromatic rings. The fourth-order valence-electron chi connectivity index (χ4n) is 2.05. The molecule has 0 spiro atoms. The molecule has 1 heterocycles. The summed E-state index contributed by atoms with van der Waals surface area (Å²) in [6.45, 7) is 1.50. The molecule has 1 aliphatic heterocycles. The van der Waals surface area contributed by atoms with Gasteiger partial charge in [-0.05, 0) is 6.42 Å². The van der Waals surface area contributed by atoms with Gasteiger partial charge in [-0.1, -0.05) is 19.8 Å². The molecule has 0 radical (unpaired) electrons. The molecule has 1 rings (SSSR count). The van der Waals surface area contributed by atoms with Crippen LogP contribution in [0.2, 0.25) is 0 Å². The lowest BCUT2D eigenvalue weighted by Crippen LogP contribution is -2.64. The first-order valence-corrected chi connectivity index (χ1v) is 6.61. The first kappa shape index (κ1) is 16.3. The Balaban J connectivity index is 2.50. The molecule has 1 fully saturated rings. The molecule has 0 aromatic carbocycles. The summed E-state index contributed by atoms with van der Waals surface area (Å²) < 4.78 is 4.94. The van der Waals surface area contributed by atoms with Crippen molar-refractivity contribution in [3.8, 4) is 0 Å². The van der Waals surface area contributed by atoms with Crippen molar-refractivity contribution < 1.29 is 30.0 Å². The molecule has 0 saturated carbocycles. The van der Waals surface area contributed by atoms with Crippen molar-refractivity contribution in [1.29, 1.82) is 0 Å². The molecule has 5 N–H and O–H groups in total. The standard InChI is InChI=1S/C12H23NO6/c1-2-3-4-5-8(15)13-9-11(17)10(16)7(6-14)19-12(9)18/h7,9-12,14,16-18H,2-6H2,1H3,(H,13,15)/t7-,9-,10-,11-,12?/m1/s1/i12+2. The Morgan fingerprint density at radius 1 is 1.32 bits per heavy atom. The summed E-state index contributed by atoms with van der Waals surface area (Å²) in [4.78, 5) is 11.6. The Bertz CT molecular complexity index is 287. The van der Waals surface area contributed by atoms with Gasteiger partial charge in [-0.25, -0.2) is 0 Å². The summed E-state index contributed by atoms with van der Waals surface area (Å²) in [6.07, 6.45) is -2.31. The molecule has 7 heteroatoms. The van der Waals surface area contributed by atoms with Gasteiger partial charge in [0.25, 0.3) is 0 Å². The van der Waals surface area contributed by atoms with Gasteiger partial charge >= 0.3 is 0 Å². The molecule has 1 saturated heterocycles. The normalized spacial score (nSPS) is 35.1. The van der Waals surface area contributed by atoms with Gasteiger partial charge in [0, 0.05) is 6.42 Å². The van der Waals surface area contributed by atoms with Gasteiger partial charge in [0.1, 0.15) is 24.4 Å². The van der Waals surface area contributed by atoms with Crippen LogP contribution in [0, 0.1) is 0 Å². The van der Waals surface area contributed by atoms with Gasteiger partial charge in [-0.15, -0.1) is 0 Å². The molecule has 112 valence electrons. The number of hydrogen-bond acceptors (Lipinski definition) is 6. The number of ether oxygens (including phenoxy) is 1. The van der Waals surface area contributed by atoms with E-state index >= 15 is 0 Å². The van der Waals surface area contributed by atoms with Crippen molar-refractivity contribution in [1.82, 2.24) is 5.32 Å². The van der Waals surface area contributed by atoms with Crippen LogP contribution in [0.5, 0.6) is 0 Å². The van der Waals surface area contributed by atoms with Gasteiger partial charge in [-0.2, -0.15) is 0 Å². The van der Waals surface area contributed by atoms with Crippen LogP contribution >= 0.6 is 0 Å². The number of carbonyl (C=O) groups excluding carboxylic acids is 1. The van der Waals surface area contributed by atoms with Gasteiger partial charge in [0.05, 0.1) is 6.61 Å². The minimum atomic E-state index is -1.45. The lowest BCUT2D eigenvalue weighted by atomic mass is 10.0. The van der Waals surface area contributed by atoms with E-state index in [-0.39, 0.29) is 5.91 Å². The third-order valence-corrected chi connectivity index (χ3v) is 3.24. The Morgan fingerprint density at radius 2 is 2.00 bits per heavy atom. The summed E-state index contributed by atoms with van der Waals surface area (Å²) in [6, 6.07) is -1.09. The topological polar surface area (TPSA) is 119 Å². The van der Waals surface area contributed by atoms with E-state index in [2.05, 4.69) is 5.32 Å². The third-order valence-electron chi connectivity index (χ3n) is 3.24. The lowest BCUT2D eigenvalue weighted by Gasteiger charge is -2.40. The lowest BCUT2D eigenvalue weighted by molar-refractivity contribution is -0.253. The largest absolute Gasteiger partial charge is 0.394 e. The number of aliphatic hydroxyl groups is 4. The second-order valence-electron chi connectivity index (χ2n) is 4.78. The minimum Gasteiger partial charge on any atom is -0.394 e. The Labute approximate surface area is 112 Å². The Morgan fingerprint density at radius 3 is 2.58 bits per heavy atom. The van der Waals surface area contributed by atoms with Crippen molar-refractivity contribution in [2.45, 2.75) is 63.3 Å². The Hall–Kier alpha value is -0.730. The number of amides is 1. The van der Waals surface area contributed by atoms with Crippen LogP contribution in [0.15, 0.2) is 0 Å². The van der Waals surface area contributed by atoms with E-state index in [0.717, 1.165) is 19.3 Å². The van der Waals surface area contributed by atoms with Crippen LogP contribution in [0.3, 0.4) is 0 Å². The minimum absolute atomic E-state index is 0.295. The summed E-state index contributed by atoms with van der Waals surface area (Å²) in [5.41, 5.74) is 0. The Kier molecular flexibility index (Phi) is 6.67. The van der Waals surface area contributed by atoms with E-state index in [1.807, 2.05) is 6.92 Å². The molecule has 1 amide bonds. The SMILES string of the molecule is CCCCCC(=O)N[C@@H]1[C@@H](O)[C@H](O)[C@@H](CO)O[14CH]1O. The van der Waals surface area contributed by atoms with E-state index < -0.39 is 37.3 Å². The van der Waals surface area contributed by atoms with Crippen molar-refractivity contribution in [2.75, 3.05) is 6.61 Å². The van der Waals surface area contributed by atoms with Gasteiger partial charge in [0.2, 0.25) is 5.91 Å². The molecule has 1 unspecified atom stereocenters. The highest BCUT2D eigenvalue weighted by atomic mass is 16.9. The molecule has 0 aromatic heterocycles. The first-order chi connectivity index (χ1) is 9.01. The fraction of sp³-hybridized carbons (Fsp3) is 0.917. The predicted octanol–water partition coefficient (Wildman–Crippen LogP) is -1.52. The molecule has 0 bridgehead atoms. The number of hydrogen-bond donors (Lipinski definition) is 5. The van der Waals surface area contributed by atoms with Crippen LogP contribution < -0.4 is 5.32 Å². The van der Waals surface area contributed by atoms with Crippen molar-refractivity contribution in [3.05, 3.63) is 0 Å². The number of nitrogens with one attached hydrogen (secondary N) is 1. The second kappa shape index (κ2) is 7.76. The molecule has 19 heavy (non-hydrogen) atoms. The molecule has 5 atom stereocenters. The van der Waals surface area contributed by atoms with E-state index in [0.29, 0.717) is 6.42 Å². The average Bonchev–Trinajstić information content (AvgIpc) is 2.39. The summed E-state index contributed by atoms with van der Waals surface area (Å²) >= 11 is 0. The van der Waals surface area contributed by atoms with Crippen molar-refractivity contribution >= 4 is 5.91 Å². The van der Waals surface area contributed by atoms with Crippen LogP contribution in [-0.2, 0) is 9.53 Å². The zero-order chi connectivity index (χ0) is 14.4. The highest BCUT2D eigenvalue weighted by Gasteiger charge is 2.44. The van der Waals surface area contributed by atoms with E-state index in [1.54, 1.807) is 0 Å². The number of aliphatic hydroxyl groups excluding tert-OH is 4. The fourth-order valence-corrected chi connectivity index (χ4v) is 2.05. The monoisotopic (exact) mass is 279 g/mol. The molecule has 0 aliphatic carbocycles. The zero-order valence-electron chi connectivity index (χ0n) is 11.0. The maximum Gasteiger partial charge on any atom is 0.220 e. The average molecular weight is 279 g/mol. The molecular formula is C12H23NO6. The summed E-state index contributed by atoms with van der Waals surface area (Å²) in [5, 5.41) is 40.5. The predicted molar refractivity (Wildman–Crippen MR) is 66.1 cm³/mol. The summed E-state index contributed by atoms with van der Waals surface area (Å²) in [5.74, 6) is -0.310. The maximum atomic E-state index is 11.6. The van der Waals surface area contributed by atoms with Crippen molar-refractivity contribution in [3.63, 3.8) is 0 Å². The van der Waals surface area contributed by atoms with Crippen LogP contribution in [0.1, 0.15) is 32.6 Å². The number of unbranched alkanes of at least 4 members (excludes halogenated alkanes) is 2. The van der Waals surface area contributed by atoms with Gasteiger partial charge < -0.3 is 30.5 Å². The first-order valence-electron chi connectivity index (χ1n) is 6.61. The van der Waals surface area contributed by atoms with Gasteiger partial charge in [-0.3, -0.25) is 4.79 Å². The molecule has 1 aliphatic rings. The maximum absolute atomic E-state index is 11.6. The van der Waals surface area contributed by atoms with E-state index in [4.69, 9.17) is 9.84 Å². The molecule has 7 nitrogen and oxygen atoms in total. The number of carbonyl (C=O) groups is 1. The second-order valence-corrected chi connectivity index (χ2v) is 4.78. The highest BCUT2D eigenvalue weighted by molar-refractivity contribution is 5.76. The van der Waals surface area contributed by atoms with E-state index in [9.17, 15) is 20.1 Å². The smallest absolute Gasteiger partial charge is 0.220 e. The highest BCUT2D eigenvalue weighted by Crippen LogP contribution is 2.19. The van der Waals surface area contributed by atoms with Crippen molar-refractivity contribution in [2.24, 2.45) is 0 Å². The third kappa shape index (κ3) is 4.39. The van der Waals surface area contributed by atoms with E-state index in [1.165, 1.54) is 0 Å². The zero-order valence-corrected chi connectivity index (χ0v) is 11.0. The van der Waals surface area contributed by atoms with Gasteiger partial charge in [0.15, 0.2) is 6.29 Å². The van der Waals surface area contributed by atoms with Crippen LogP contribution in [-0.4, -0.2) is 63.6 Å². The summed E-state index contributed by atoms with van der Waals surface area (Å²) in [7, 11) is 0. The van der Waals surface area contributed by atoms with Crippen LogP contribution in [0.25, 0.3) is 0 Å². The van der Waals surface area contributed by atoms with Crippen LogP contribution in [0.4, 0.5) is 0 Å². The quantitative estimate of drug-likeness (QED) is 0.377. The molecular weight excluding hydrogens is 256 g/mol.